The Hall–Kier alpha value is -0.0800. The van der Waals surface area contributed by atoms with Crippen LogP contribution in [0.1, 0.15) is 33.6 Å². The van der Waals surface area contributed by atoms with Crippen LogP contribution in [0.4, 0.5) is 0 Å². The average Bonchev–Trinajstić information content (AvgIpc) is 2.86. The van der Waals surface area contributed by atoms with Crippen LogP contribution in [-0.4, -0.2) is 36.1 Å². The van der Waals surface area contributed by atoms with Crippen molar-refractivity contribution in [2.24, 2.45) is 5.92 Å². The van der Waals surface area contributed by atoms with Crippen LogP contribution in [0.2, 0.25) is 0 Å². The normalized spacial score (nSPS) is 36.9. The molecule has 0 bridgehead atoms. The second-order valence-electron chi connectivity index (χ2n) is 5.18. The molecule has 0 spiro atoms. The van der Waals surface area contributed by atoms with E-state index in [1.54, 1.807) is 0 Å². The Labute approximate surface area is 81.7 Å². The quantitative estimate of drug-likeness (QED) is 0.695. The average molecular weight is 182 g/mol. The zero-order valence-corrected chi connectivity index (χ0v) is 9.14. The van der Waals surface area contributed by atoms with Gasteiger partial charge in [0.2, 0.25) is 0 Å². The van der Waals surface area contributed by atoms with Crippen LogP contribution in [0, 0.1) is 5.92 Å². The largest absolute Gasteiger partial charge is 0.309 e. The van der Waals surface area contributed by atoms with Gasteiger partial charge in [0.15, 0.2) is 0 Å². The van der Waals surface area contributed by atoms with E-state index in [9.17, 15) is 0 Å². The van der Waals surface area contributed by atoms with E-state index in [0.717, 1.165) is 5.92 Å². The molecule has 0 aromatic rings. The van der Waals surface area contributed by atoms with E-state index < -0.39 is 0 Å². The van der Waals surface area contributed by atoms with Gasteiger partial charge in [0.05, 0.1) is 0 Å². The molecule has 1 atom stereocenters. The van der Waals surface area contributed by atoms with Gasteiger partial charge in [-0.05, 0) is 39.5 Å². The third-order valence-electron chi connectivity index (χ3n) is 3.67. The fourth-order valence-corrected chi connectivity index (χ4v) is 2.48. The zero-order valence-electron chi connectivity index (χ0n) is 9.14. The minimum atomic E-state index is 0.419. The second kappa shape index (κ2) is 3.25. The molecule has 0 aromatic carbocycles. The third-order valence-corrected chi connectivity index (χ3v) is 3.67. The highest BCUT2D eigenvalue weighted by atomic mass is 15.2. The number of rotatable bonds is 2. The smallest absolute Gasteiger partial charge is 0.0309 e. The molecule has 1 unspecified atom stereocenters. The van der Waals surface area contributed by atoms with Gasteiger partial charge < -0.3 is 5.32 Å². The fourth-order valence-electron chi connectivity index (χ4n) is 2.48. The first-order chi connectivity index (χ1) is 6.12. The Morgan fingerprint density at radius 1 is 1.38 bits per heavy atom. The maximum absolute atomic E-state index is 3.70. The van der Waals surface area contributed by atoms with Gasteiger partial charge in [-0.2, -0.15) is 0 Å². The van der Waals surface area contributed by atoms with Gasteiger partial charge in [0.25, 0.3) is 0 Å². The molecule has 0 aromatic heterocycles. The summed E-state index contributed by atoms with van der Waals surface area (Å²) in [6, 6.07) is 0.708. The van der Waals surface area contributed by atoms with E-state index in [1.807, 2.05) is 0 Å². The van der Waals surface area contributed by atoms with E-state index in [0.29, 0.717) is 11.6 Å². The molecule has 13 heavy (non-hydrogen) atoms. The highest BCUT2D eigenvalue weighted by Gasteiger charge is 2.43. The molecule has 0 radical (unpaired) electrons. The van der Waals surface area contributed by atoms with Gasteiger partial charge >= 0.3 is 0 Å². The lowest BCUT2D eigenvalue weighted by Crippen LogP contribution is -2.61. The second-order valence-corrected chi connectivity index (χ2v) is 5.18. The highest BCUT2D eigenvalue weighted by Crippen LogP contribution is 2.40. The lowest BCUT2D eigenvalue weighted by Gasteiger charge is -2.43. The molecule has 1 heterocycles. The van der Waals surface area contributed by atoms with Crippen molar-refractivity contribution in [1.29, 1.82) is 0 Å². The molecule has 1 saturated carbocycles. The Morgan fingerprint density at radius 2 is 2.08 bits per heavy atom. The summed E-state index contributed by atoms with van der Waals surface area (Å²) >= 11 is 0. The monoisotopic (exact) mass is 182 g/mol. The van der Waals surface area contributed by atoms with E-state index in [-0.39, 0.29) is 0 Å². The number of hydrogen-bond donors (Lipinski definition) is 1. The Morgan fingerprint density at radius 3 is 2.62 bits per heavy atom. The molecule has 1 N–H and O–H groups in total. The molecule has 1 saturated heterocycles. The molecule has 1 aliphatic heterocycles. The molecule has 76 valence electrons. The number of nitrogens with one attached hydrogen (secondary N) is 1. The van der Waals surface area contributed by atoms with Crippen molar-refractivity contribution in [3.05, 3.63) is 0 Å². The summed E-state index contributed by atoms with van der Waals surface area (Å²) in [4.78, 5) is 2.61. The third kappa shape index (κ3) is 1.89. The molecule has 2 nitrogen and oxygen atoms in total. The topological polar surface area (TPSA) is 15.3 Å². The lowest BCUT2D eigenvalue weighted by molar-refractivity contribution is 0.101. The van der Waals surface area contributed by atoms with Crippen molar-refractivity contribution in [2.75, 3.05) is 19.6 Å². The lowest BCUT2D eigenvalue weighted by atomic mass is 9.92. The first-order valence-corrected chi connectivity index (χ1v) is 5.61. The molecule has 2 heteroatoms. The van der Waals surface area contributed by atoms with E-state index >= 15 is 0 Å². The van der Waals surface area contributed by atoms with Gasteiger partial charge in [-0.25, -0.2) is 0 Å². The van der Waals surface area contributed by atoms with Crippen molar-refractivity contribution in [3.8, 4) is 0 Å². The summed E-state index contributed by atoms with van der Waals surface area (Å²) < 4.78 is 0. The van der Waals surface area contributed by atoms with Gasteiger partial charge in [-0.1, -0.05) is 0 Å². The minimum absolute atomic E-state index is 0.419. The van der Waals surface area contributed by atoms with Crippen molar-refractivity contribution >= 4 is 0 Å². The van der Waals surface area contributed by atoms with Crippen LogP contribution in [0.3, 0.4) is 0 Å². The number of piperazine rings is 1. The summed E-state index contributed by atoms with van der Waals surface area (Å²) in [6.45, 7) is 10.6. The van der Waals surface area contributed by atoms with E-state index in [2.05, 4.69) is 31.0 Å². The zero-order chi connectivity index (χ0) is 9.47. The SMILES string of the molecule is CC(C)N1CCNC(C)(C2CC2)C1. The van der Waals surface area contributed by atoms with Gasteiger partial charge in [0.1, 0.15) is 0 Å². The first-order valence-electron chi connectivity index (χ1n) is 5.61. The minimum Gasteiger partial charge on any atom is -0.309 e. The first kappa shape index (κ1) is 9.47. The van der Waals surface area contributed by atoms with Crippen molar-refractivity contribution in [3.63, 3.8) is 0 Å². The van der Waals surface area contributed by atoms with E-state index in [4.69, 9.17) is 0 Å². The fraction of sp³-hybridized carbons (Fsp3) is 1.00. The molecule has 0 amide bonds. The maximum Gasteiger partial charge on any atom is 0.0309 e. The van der Waals surface area contributed by atoms with Gasteiger partial charge in [-0.3, -0.25) is 4.90 Å². The van der Waals surface area contributed by atoms with Crippen LogP contribution in [0.15, 0.2) is 0 Å². The van der Waals surface area contributed by atoms with Gasteiger partial charge in [-0.15, -0.1) is 0 Å². The molecule has 1 aliphatic carbocycles. The maximum atomic E-state index is 3.70. The molecule has 2 rings (SSSR count). The summed E-state index contributed by atoms with van der Waals surface area (Å²) in [6.07, 6.45) is 2.88. The summed E-state index contributed by atoms with van der Waals surface area (Å²) in [5.41, 5.74) is 0.419. The Kier molecular flexibility index (Phi) is 2.37. The molecular formula is C11H22N2. The van der Waals surface area contributed by atoms with Crippen molar-refractivity contribution in [1.82, 2.24) is 10.2 Å². The van der Waals surface area contributed by atoms with Crippen LogP contribution in [0.5, 0.6) is 0 Å². The van der Waals surface area contributed by atoms with Crippen LogP contribution < -0.4 is 5.32 Å². The molecule has 2 aliphatic rings. The number of nitrogens with zero attached hydrogens (tertiary/aromatic N) is 1. The van der Waals surface area contributed by atoms with Crippen LogP contribution >= 0.6 is 0 Å². The molecular weight excluding hydrogens is 160 g/mol. The predicted octanol–water partition coefficient (Wildman–Crippen LogP) is 1.47. The highest BCUT2D eigenvalue weighted by molar-refractivity contribution is 5.02. The standard InChI is InChI=1S/C11H22N2/c1-9(2)13-7-6-12-11(3,8-13)10-4-5-10/h9-10,12H,4-8H2,1-3H3. The summed E-state index contributed by atoms with van der Waals surface area (Å²) in [5, 5.41) is 3.70. The van der Waals surface area contributed by atoms with E-state index in [1.165, 1.54) is 32.5 Å². The van der Waals surface area contributed by atoms with Crippen LogP contribution in [0.25, 0.3) is 0 Å². The van der Waals surface area contributed by atoms with Gasteiger partial charge in [0, 0.05) is 31.2 Å². The van der Waals surface area contributed by atoms with Crippen LogP contribution in [-0.2, 0) is 0 Å². The van der Waals surface area contributed by atoms with Crippen molar-refractivity contribution < 1.29 is 0 Å². The number of hydrogen-bond acceptors (Lipinski definition) is 2. The predicted molar refractivity (Wildman–Crippen MR) is 55.8 cm³/mol. The van der Waals surface area contributed by atoms with Crippen molar-refractivity contribution in [2.45, 2.75) is 45.2 Å². The summed E-state index contributed by atoms with van der Waals surface area (Å²) in [7, 11) is 0. The Bertz CT molecular complexity index is 187. The Balaban J connectivity index is 1.98. The summed E-state index contributed by atoms with van der Waals surface area (Å²) in [5.74, 6) is 0.953. The molecule has 2 fully saturated rings.